The van der Waals surface area contributed by atoms with E-state index < -0.39 is 0 Å². The number of nitrogens with zero attached hydrogens (tertiary/aromatic N) is 3. The van der Waals surface area contributed by atoms with E-state index in [0.717, 1.165) is 16.8 Å². The Kier molecular flexibility index (Phi) is 4.70. The molecule has 1 aliphatic rings. The third-order valence-electron chi connectivity index (χ3n) is 4.15. The number of aromatic nitrogens is 3. The normalized spacial score (nSPS) is 16.7. The highest BCUT2D eigenvalue weighted by atomic mass is 35.5. The first-order valence-corrected chi connectivity index (χ1v) is 9.50. The van der Waals surface area contributed by atoms with Gasteiger partial charge in [0.15, 0.2) is 11.0 Å². The van der Waals surface area contributed by atoms with Crippen LogP contribution in [0.1, 0.15) is 12.0 Å². The van der Waals surface area contributed by atoms with Crippen LogP contribution in [0.25, 0.3) is 17.1 Å². The van der Waals surface area contributed by atoms with Gasteiger partial charge in [0.2, 0.25) is 0 Å². The Morgan fingerprint density at radius 1 is 1.19 bits per heavy atom. The molecule has 4 rings (SSSR count). The van der Waals surface area contributed by atoms with Crippen LogP contribution in [0.5, 0.6) is 0 Å². The number of cyclic esters (lactones) is 1. The summed E-state index contributed by atoms with van der Waals surface area (Å²) in [5.74, 6) is 0.447. The number of para-hydroxylation sites is 1. The van der Waals surface area contributed by atoms with Crippen molar-refractivity contribution in [3.63, 3.8) is 0 Å². The molecule has 0 saturated carbocycles. The zero-order chi connectivity index (χ0) is 18.1. The third-order valence-corrected chi connectivity index (χ3v) is 5.65. The topological polar surface area (TPSA) is 57.0 Å². The van der Waals surface area contributed by atoms with Crippen molar-refractivity contribution >= 4 is 29.3 Å². The number of aryl methyl sites for hydroxylation is 1. The lowest BCUT2D eigenvalue weighted by atomic mass is 10.1. The van der Waals surface area contributed by atoms with Crippen LogP contribution < -0.4 is 0 Å². The Hall–Kier alpha value is -2.31. The van der Waals surface area contributed by atoms with Gasteiger partial charge in [-0.05, 0) is 36.8 Å². The minimum atomic E-state index is -0.261. The lowest BCUT2D eigenvalue weighted by molar-refractivity contribution is -0.137. The summed E-state index contributed by atoms with van der Waals surface area (Å²) >= 11 is 7.84. The molecule has 5 nitrogen and oxygen atoms in total. The van der Waals surface area contributed by atoms with Crippen molar-refractivity contribution in [1.29, 1.82) is 0 Å². The van der Waals surface area contributed by atoms with Gasteiger partial charge in [-0.2, -0.15) is 0 Å². The fraction of sp³-hybridized carbons (Fsp3) is 0.211. The number of thioether (sulfide) groups is 1. The standard InChI is InChI=1S/C19H16ClN3O2S/c1-12-7-8-14(15(20)11-12)17-21-22-19(26-16-9-10-25-18(16)24)23(17)13-5-3-2-4-6-13/h2-8,11,16H,9-10H2,1H3/t16-/m1/s1. The number of carbonyl (C=O) groups is 1. The van der Waals surface area contributed by atoms with Gasteiger partial charge < -0.3 is 4.74 Å². The molecule has 26 heavy (non-hydrogen) atoms. The highest BCUT2D eigenvalue weighted by molar-refractivity contribution is 8.00. The van der Waals surface area contributed by atoms with Crippen molar-refractivity contribution in [2.24, 2.45) is 0 Å². The van der Waals surface area contributed by atoms with Crippen molar-refractivity contribution < 1.29 is 9.53 Å². The van der Waals surface area contributed by atoms with E-state index >= 15 is 0 Å². The molecular weight excluding hydrogens is 370 g/mol. The van der Waals surface area contributed by atoms with Gasteiger partial charge in [-0.15, -0.1) is 10.2 Å². The Balaban J connectivity index is 1.83. The molecule has 2 aromatic carbocycles. The van der Waals surface area contributed by atoms with Crippen molar-refractivity contribution in [2.75, 3.05) is 6.61 Å². The van der Waals surface area contributed by atoms with Gasteiger partial charge >= 0.3 is 5.97 Å². The molecule has 7 heteroatoms. The number of hydrogen-bond acceptors (Lipinski definition) is 5. The first-order valence-electron chi connectivity index (χ1n) is 8.24. The second-order valence-electron chi connectivity index (χ2n) is 6.02. The number of carbonyl (C=O) groups excluding carboxylic acids is 1. The van der Waals surface area contributed by atoms with Crippen LogP contribution in [-0.2, 0) is 9.53 Å². The fourth-order valence-electron chi connectivity index (χ4n) is 2.84. The molecule has 0 amide bonds. The largest absolute Gasteiger partial charge is 0.465 e. The van der Waals surface area contributed by atoms with E-state index in [1.165, 1.54) is 11.8 Å². The first kappa shape index (κ1) is 17.1. The summed E-state index contributed by atoms with van der Waals surface area (Å²) in [6.07, 6.45) is 0.672. The SMILES string of the molecule is Cc1ccc(-c2nnc(S[C@@H]3CCOC3=O)n2-c2ccccc2)c(Cl)c1. The minimum absolute atomic E-state index is 0.201. The van der Waals surface area contributed by atoms with Gasteiger partial charge in [-0.1, -0.05) is 47.6 Å². The molecule has 2 heterocycles. The average Bonchev–Trinajstić information content (AvgIpc) is 3.23. The molecule has 1 atom stereocenters. The highest BCUT2D eigenvalue weighted by Gasteiger charge is 2.30. The number of rotatable bonds is 4. The van der Waals surface area contributed by atoms with Crippen LogP contribution in [0, 0.1) is 6.92 Å². The van der Waals surface area contributed by atoms with Crippen molar-refractivity contribution in [1.82, 2.24) is 14.8 Å². The maximum Gasteiger partial charge on any atom is 0.319 e. The van der Waals surface area contributed by atoms with Crippen LogP contribution in [-0.4, -0.2) is 32.6 Å². The number of halogens is 1. The van der Waals surface area contributed by atoms with Crippen molar-refractivity contribution in [2.45, 2.75) is 23.8 Å². The van der Waals surface area contributed by atoms with E-state index in [1.54, 1.807) is 0 Å². The average molecular weight is 386 g/mol. The van der Waals surface area contributed by atoms with E-state index in [-0.39, 0.29) is 11.2 Å². The monoisotopic (exact) mass is 385 g/mol. The molecule has 0 unspecified atom stereocenters. The zero-order valence-electron chi connectivity index (χ0n) is 14.1. The molecule has 0 aliphatic carbocycles. The molecule has 0 radical (unpaired) electrons. The molecule has 0 N–H and O–H groups in total. The molecule has 3 aromatic rings. The second-order valence-corrected chi connectivity index (χ2v) is 7.60. The molecule has 0 bridgehead atoms. The minimum Gasteiger partial charge on any atom is -0.465 e. The molecule has 1 aliphatic heterocycles. The van der Waals surface area contributed by atoms with Gasteiger partial charge in [-0.3, -0.25) is 9.36 Å². The van der Waals surface area contributed by atoms with Crippen LogP contribution in [0.3, 0.4) is 0 Å². The van der Waals surface area contributed by atoms with Gasteiger partial charge in [0.05, 0.1) is 11.6 Å². The van der Waals surface area contributed by atoms with E-state index in [9.17, 15) is 4.79 Å². The van der Waals surface area contributed by atoms with Crippen LogP contribution >= 0.6 is 23.4 Å². The molecule has 1 saturated heterocycles. The quantitative estimate of drug-likeness (QED) is 0.626. The summed E-state index contributed by atoms with van der Waals surface area (Å²) in [7, 11) is 0. The van der Waals surface area contributed by atoms with Gasteiger partial charge in [0.1, 0.15) is 5.25 Å². The fourth-order valence-corrected chi connectivity index (χ4v) is 4.18. The van der Waals surface area contributed by atoms with Crippen molar-refractivity contribution in [3.05, 3.63) is 59.1 Å². The van der Waals surface area contributed by atoms with Gasteiger partial charge in [0.25, 0.3) is 0 Å². The second kappa shape index (κ2) is 7.13. The summed E-state index contributed by atoms with van der Waals surface area (Å²) in [6, 6.07) is 15.7. The van der Waals surface area contributed by atoms with Crippen LogP contribution in [0.15, 0.2) is 53.7 Å². The van der Waals surface area contributed by atoms with Crippen LogP contribution in [0.4, 0.5) is 0 Å². The number of benzene rings is 2. The van der Waals surface area contributed by atoms with Crippen LogP contribution in [0.2, 0.25) is 5.02 Å². The maximum atomic E-state index is 11.9. The maximum absolute atomic E-state index is 11.9. The zero-order valence-corrected chi connectivity index (χ0v) is 15.6. The Morgan fingerprint density at radius 2 is 2.00 bits per heavy atom. The lowest BCUT2D eigenvalue weighted by Crippen LogP contribution is -2.11. The molecule has 1 fully saturated rings. The number of esters is 1. The summed E-state index contributed by atoms with van der Waals surface area (Å²) in [5, 5.41) is 9.72. The third kappa shape index (κ3) is 3.22. The highest BCUT2D eigenvalue weighted by Crippen LogP contribution is 2.35. The molecular formula is C19H16ClN3O2S. The van der Waals surface area contributed by atoms with E-state index in [1.807, 2.05) is 60.0 Å². The summed E-state index contributed by atoms with van der Waals surface area (Å²) in [5.41, 5.74) is 2.79. The van der Waals surface area contributed by atoms with Gasteiger partial charge in [0, 0.05) is 17.7 Å². The predicted molar refractivity (Wildman–Crippen MR) is 102 cm³/mol. The number of hydrogen-bond donors (Lipinski definition) is 0. The summed E-state index contributed by atoms with van der Waals surface area (Å²) in [6.45, 7) is 2.44. The molecule has 0 spiro atoms. The Labute approximate surface area is 160 Å². The number of ether oxygens (including phenoxy) is 1. The van der Waals surface area contributed by atoms with E-state index in [2.05, 4.69) is 10.2 Å². The lowest BCUT2D eigenvalue weighted by Gasteiger charge is -2.12. The van der Waals surface area contributed by atoms with Gasteiger partial charge in [-0.25, -0.2) is 0 Å². The summed E-state index contributed by atoms with van der Waals surface area (Å²) in [4.78, 5) is 11.9. The van der Waals surface area contributed by atoms with E-state index in [0.29, 0.717) is 29.0 Å². The molecule has 132 valence electrons. The Morgan fingerprint density at radius 3 is 2.69 bits per heavy atom. The molecule has 1 aromatic heterocycles. The first-order chi connectivity index (χ1) is 12.6. The van der Waals surface area contributed by atoms with E-state index in [4.69, 9.17) is 16.3 Å². The summed E-state index contributed by atoms with van der Waals surface area (Å²) < 4.78 is 7.01. The predicted octanol–water partition coefficient (Wildman–Crippen LogP) is 4.30. The smallest absolute Gasteiger partial charge is 0.319 e. The van der Waals surface area contributed by atoms with Crippen molar-refractivity contribution in [3.8, 4) is 17.1 Å². The Bertz CT molecular complexity index is 959.